The van der Waals surface area contributed by atoms with E-state index < -0.39 is 0 Å². The van der Waals surface area contributed by atoms with E-state index in [1.807, 2.05) is 19.4 Å². The second-order valence-corrected chi connectivity index (χ2v) is 5.02. The van der Waals surface area contributed by atoms with Crippen LogP contribution in [0.3, 0.4) is 0 Å². The highest BCUT2D eigenvalue weighted by Crippen LogP contribution is 2.23. The van der Waals surface area contributed by atoms with E-state index in [1.54, 1.807) is 18.1 Å². The summed E-state index contributed by atoms with van der Waals surface area (Å²) >= 11 is 7.53. The quantitative estimate of drug-likeness (QED) is 0.463. The van der Waals surface area contributed by atoms with Gasteiger partial charge in [-0.05, 0) is 20.1 Å². The van der Waals surface area contributed by atoms with Gasteiger partial charge in [-0.15, -0.1) is 23.4 Å². The van der Waals surface area contributed by atoms with E-state index in [1.165, 1.54) is 0 Å². The van der Waals surface area contributed by atoms with Crippen LogP contribution in [0.4, 0.5) is 5.82 Å². The summed E-state index contributed by atoms with van der Waals surface area (Å²) < 4.78 is 0. The van der Waals surface area contributed by atoms with Crippen LogP contribution in [0.15, 0.2) is 17.4 Å². The molecule has 1 heterocycles. The second kappa shape index (κ2) is 5.03. The number of thioether (sulfide) groups is 1. The Labute approximate surface area is 100 Å². The number of nitrogens with zero attached hydrogens (tertiary/aromatic N) is 3. The van der Waals surface area contributed by atoms with Crippen LogP contribution in [0.5, 0.6) is 0 Å². The third-order valence-corrected chi connectivity index (χ3v) is 3.71. The molecule has 0 fully saturated rings. The van der Waals surface area contributed by atoms with E-state index in [4.69, 9.17) is 11.6 Å². The first-order valence-electron chi connectivity index (χ1n) is 4.67. The minimum absolute atomic E-state index is 0.106. The van der Waals surface area contributed by atoms with Crippen LogP contribution in [0.2, 0.25) is 0 Å². The van der Waals surface area contributed by atoms with Crippen molar-refractivity contribution in [1.82, 2.24) is 9.97 Å². The minimum atomic E-state index is -0.106. The fraction of sp³-hybridized carbons (Fsp3) is 0.600. The van der Waals surface area contributed by atoms with Crippen LogP contribution in [-0.2, 0) is 0 Å². The van der Waals surface area contributed by atoms with Crippen molar-refractivity contribution in [2.45, 2.75) is 24.4 Å². The molecule has 1 aromatic heterocycles. The van der Waals surface area contributed by atoms with E-state index in [2.05, 4.69) is 28.7 Å². The molecule has 0 atom stereocenters. The molecular formula is C10H16ClN3S. The molecule has 0 aliphatic heterocycles. The van der Waals surface area contributed by atoms with Crippen LogP contribution >= 0.6 is 23.4 Å². The van der Waals surface area contributed by atoms with Crippen molar-refractivity contribution in [3.05, 3.63) is 12.4 Å². The molecule has 84 valence electrons. The van der Waals surface area contributed by atoms with E-state index >= 15 is 0 Å². The van der Waals surface area contributed by atoms with Crippen LogP contribution in [0.1, 0.15) is 13.8 Å². The van der Waals surface area contributed by atoms with E-state index in [9.17, 15) is 0 Å². The zero-order chi connectivity index (χ0) is 11.5. The maximum absolute atomic E-state index is 5.92. The fourth-order valence-electron chi connectivity index (χ4n) is 1.02. The monoisotopic (exact) mass is 245 g/mol. The molecule has 1 aromatic rings. The number of rotatable bonds is 4. The first-order chi connectivity index (χ1) is 7.01. The molecule has 5 heteroatoms. The van der Waals surface area contributed by atoms with Gasteiger partial charge in [0.05, 0.1) is 0 Å². The molecule has 0 aliphatic rings. The summed E-state index contributed by atoms with van der Waals surface area (Å²) in [6.07, 6.45) is 3.58. The van der Waals surface area contributed by atoms with E-state index in [-0.39, 0.29) is 5.54 Å². The van der Waals surface area contributed by atoms with Crippen LogP contribution in [-0.4, -0.2) is 34.7 Å². The fourth-order valence-corrected chi connectivity index (χ4v) is 1.58. The third kappa shape index (κ3) is 2.98. The highest BCUT2D eigenvalue weighted by atomic mass is 35.5. The lowest BCUT2D eigenvalue weighted by atomic mass is 10.1. The molecule has 0 unspecified atom stereocenters. The van der Waals surface area contributed by atoms with Crippen LogP contribution in [0, 0.1) is 0 Å². The van der Waals surface area contributed by atoms with Crippen molar-refractivity contribution in [2.24, 2.45) is 0 Å². The molecule has 0 saturated heterocycles. The molecule has 0 bridgehead atoms. The molecule has 1 rings (SSSR count). The largest absolute Gasteiger partial charge is 0.353 e. The smallest absolute Gasteiger partial charge is 0.133 e. The average molecular weight is 246 g/mol. The van der Waals surface area contributed by atoms with Crippen molar-refractivity contribution in [3.8, 4) is 0 Å². The zero-order valence-electron chi connectivity index (χ0n) is 9.49. The summed E-state index contributed by atoms with van der Waals surface area (Å²) in [5.74, 6) is 1.46. The van der Waals surface area contributed by atoms with Gasteiger partial charge in [-0.2, -0.15) is 0 Å². The van der Waals surface area contributed by atoms with Crippen molar-refractivity contribution in [1.29, 1.82) is 0 Å². The van der Waals surface area contributed by atoms with E-state index in [0.29, 0.717) is 5.88 Å². The maximum Gasteiger partial charge on any atom is 0.133 e. The second-order valence-electron chi connectivity index (χ2n) is 3.92. The molecule has 15 heavy (non-hydrogen) atoms. The molecule has 0 aliphatic carbocycles. The molecule has 0 aromatic carbocycles. The van der Waals surface area contributed by atoms with Gasteiger partial charge in [-0.25, -0.2) is 9.97 Å². The summed E-state index contributed by atoms with van der Waals surface area (Å²) in [5, 5.41) is 0.970. The van der Waals surface area contributed by atoms with Crippen molar-refractivity contribution < 1.29 is 0 Å². The number of hydrogen-bond acceptors (Lipinski definition) is 4. The predicted molar refractivity (Wildman–Crippen MR) is 67.0 cm³/mol. The number of halogens is 1. The standard InChI is InChI=1S/C10H16ClN3S/c1-10(2,6-11)14(3)8-5-9(15-4)13-7-12-8/h5,7H,6H2,1-4H3. The molecule has 0 spiro atoms. The molecular weight excluding hydrogens is 230 g/mol. The Morgan fingerprint density at radius 2 is 2.13 bits per heavy atom. The van der Waals surface area contributed by atoms with Gasteiger partial charge in [0.15, 0.2) is 0 Å². The number of aromatic nitrogens is 2. The Morgan fingerprint density at radius 1 is 1.47 bits per heavy atom. The Kier molecular flexibility index (Phi) is 4.22. The highest BCUT2D eigenvalue weighted by molar-refractivity contribution is 7.98. The SMILES string of the molecule is CSc1cc(N(C)C(C)(C)CCl)ncn1. The Bertz CT molecular complexity index is 330. The third-order valence-electron chi connectivity index (χ3n) is 2.42. The molecule has 0 N–H and O–H groups in total. The van der Waals surface area contributed by atoms with Gasteiger partial charge in [-0.3, -0.25) is 0 Å². The average Bonchev–Trinajstić information content (AvgIpc) is 2.28. The number of alkyl halides is 1. The van der Waals surface area contributed by atoms with Crippen LogP contribution in [0.25, 0.3) is 0 Å². The zero-order valence-corrected chi connectivity index (χ0v) is 11.1. The number of hydrogen-bond donors (Lipinski definition) is 0. The lowest BCUT2D eigenvalue weighted by Gasteiger charge is -2.34. The topological polar surface area (TPSA) is 29.0 Å². The van der Waals surface area contributed by atoms with Gasteiger partial charge >= 0.3 is 0 Å². The molecule has 0 radical (unpaired) electrons. The summed E-state index contributed by atoms with van der Waals surface area (Å²) in [7, 11) is 1.99. The van der Waals surface area contributed by atoms with Crippen molar-refractivity contribution in [3.63, 3.8) is 0 Å². The van der Waals surface area contributed by atoms with Crippen molar-refractivity contribution >= 4 is 29.2 Å². The summed E-state index contributed by atoms with van der Waals surface area (Å²) in [4.78, 5) is 10.5. The first kappa shape index (κ1) is 12.6. The molecule has 0 amide bonds. The normalized spacial score (nSPS) is 11.5. The minimum Gasteiger partial charge on any atom is -0.353 e. The van der Waals surface area contributed by atoms with Crippen molar-refractivity contribution in [2.75, 3.05) is 24.1 Å². The van der Waals surface area contributed by atoms with Gasteiger partial charge in [0.1, 0.15) is 17.2 Å². The lowest BCUT2D eigenvalue weighted by Crippen LogP contribution is -2.43. The van der Waals surface area contributed by atoms with Gasteiger partial charge in [0.25, 0.3) is 0 Å². The first-order valence-corrected chi connectivity index (χ1v) is 6.43. The summed E-state index contributed by atoms with van der Waals surface area (Å²) in [5.41, 5.74) is -0.106. The van der Waals surface area contributed by atoms with Gasteiger partial charge < -0.3 is 4.90 Å². The van der Waals surface area contributed by atoms with Crippen LogP contribution < -0.4 is 4.90 Å². The van der Waals surface area contributed by atoms with Gasteiger partial charge in [-0.1, -0.05) is 0 Å². The van der Waals surface area contributed by atoms with Gasteiger partial charge in [0.2, 0.25) is 0 Å². The molecule has 0 saturated carbocycles. The Hall–Kier alpha value is -0.480. The molecule has 3 nitrogen and oxygen atoms in total. The summed E-state index contributed by atoms with van der Waals surface area (Å²) in [6.45, 7) is 4.17. The predicted octanol–water partition coefficient (Wildman–Crippen LogP) is 2.65. The summed E-state index contributed by atoms with van der Waals surface area (Å²) in [6, 6.07) is 1.97. The Balaban J connectivity index is 2.95. The number of anilines is 1. The Morgan fingerprint density at radius 3 is 2.67 bits per heavy atom. The maximum atomic E-state index is 5.92. The lowest BCUT2D eigenvalue weighted by molar-refractivity contribution is 0.539. The van der Waals surface area contributed by atoms with Gasteiger partial charge in [0, 0.05) is 24.5 Å². The van der Waals surface area contributed by atoms with E-state index in [0.717, 1.165) is 10.8 Å². The highest BCUT2D eigenvalue weighted by Gasteiger charge is 2.23.